The summed E-state index contributed by atoms with van der Waals surface area (Å²) in [4.78, 5) is 32.0. The highest BCUT2D eigenvalue weighted by molar-refractivity contribution is 5.95. The maximum Gasteiger partial charge on any atom is 0.256 e. The van der Waals surface area contributed by atoms with Crippen molar-refractivity contribution >= 4 is 11.8 Å². The zero-order chi connectivity index (χ0) is 17.8. The number of nitrogens with zero attached hydrogens (tertiary/aromatic N) is 3. The maximum absolute atomic E-state index is 13.8. The summed E-state index contributed by atoms with van der Waals surface area (Å²) >= 11 is 0. The van der Waals surface area contributed by atoms with Crippen LogP contribution in [0, 0.1) is 11.6 Å². The lowest BCUT2D eigenvalue weighted by Gasteiger charge is -2.22. The van der Waals surface area contributed by atoms with Crippen LogP contribution in [0.3, 0.4) is 0 Å². The summed E-state index contributed by atoms with van der Waals surface area (Å²) < 4.78 is 26.8. The van der Waals surface area contributed by atoms with Crippen LogP contribution in [0.1, 0.15) is 27.1 Å². The molecule has 0 radical (unpaired) electrons. The number of amides is 2. The molecule has 5 nitrogen and oxygen atoms in total. The summed E-state index contributed by atoms with van der Waals surface area (Å²) in [7, 11) is 0. The van der Waals surface area contributed by atoms with E-state index in [1.54, 1.807) is 23.2 Å². The Hall–Kier alpha value is -2.83. The first kappa shape index (κ1) is 17.0. The van der Waals surface area contributed by atoms with E-state index in [0.717, 1.165) is 12.1 Å². The van der Waals surface area contributed by atoms with E-state index in [-0.39, 0.29) is 11.5 Å². The molecular weight excluding hydrogens is 328 g/mol. The highest BCUT2D eigenvalue weighted by Gasteiger charge is 2.25. The molecule has 2 amide bonds. The first-order chi connectivity index (χ1) is 12.1. The highest BCUT2D eigenvalue weighted by atomic mass is 19.1. The first-order valence-corrected chi connectivity index (χ1v) is 8.00. The lowest BCUT2D eigenvalue weighted by molar-refractivity contribution is 0.0716. The van der Waals surface area contributed by atoms with E-state index in [1.807, 2.05) is 0 Å². The lowest BCUT2D eigenvalue weighted by atomic mass is 10.1. The molecule has 0 atom stereocenters. The molecule has 0 bridgehead atoms. The van der Waals surface area contributed by atoms with Crippen molar-refractivity contribution in [3.8, 4) is 0 Å². The van der Waals surface area contributed by atoms with Gasteiger partial charge in [0.25, 0.3) is 11.8 Å². The van der Waals surface area contributed by atoms with Gasteiger partial charge in [0.05, 0.1) is 11.1 Å². The van der Waals surface area contributed by atoms with Crippen molar-refractivity contribution in [3.05, 3.63) is 65.5 Å². The Morgan fingerprint density at radius 1 is 0.960 bits per heavy atom. The fraction of sp³-hybridized carbons (Fsp3) is 0.278. The van der Waals surface area contributed by atoms with Gasteiger partial charge in [0.15, 0.2) is 0 Å². The van der Waals surface area contributed by atoms with Gasteiger partial charge in [-0.3, -0.25) is 14.6 Å². The van der Waals surface area contributed by atoms with Crippen molar-refractivity contribution < 1.29 is 18.4 Å². The van der Waals surface area contributed by atoms with Crippen LogP contribution in [0.2, 0.25) is 0 Å². The maximum atomic E-state index is 13.8. The van der Waals surface area contributed by atoms with E-state index in [0.29, 0.717) is 44.2 Å². The van der Waals surface area contributed by atoms with Crippen LogP contribution in [-0.2, 0) is 0 Å². The summed E-state index contributed by atoms with van der Waals surface area (Å²) in [5.41, 5.74) is 0.334. The summed E-state index contributed by atoms with van der Waals surface area (Å²) in [6.07, 6.45) is 3.68. The molecule has 0 N–H and O–H groups in total. The Morgan fingerprint density at radius 3 is 2.32 bits per heavy atom. The fourth-order valence-corrected chi connectivity index (χ4v) is 2.83. The summed E-state index contributed by atoms with van der Waals surface area (Å²) in [5.74, 6) is -2.24. The first-order valence-electron chi connectivity index (χ1n) is 8.00. The Morgan fingerprint density at radius 2 is 1.68 bits per heavy atom. The van der Waals surface area contributed by atoms with E-state index in [2.05, 4.69) is 4.98 Å². The SMILES string of the molecule is O=C(c1cccnc1)N1CCCN(C(=O)c2ccc(F)cc2F)CC1. The number of pyridine rings is 1. The van der Waals surface area contributed by atoms with E-state index in [4.69, 9.17) is 0 Å². The van der Waals surface area contributed by atoms with Gasteiger partial charge in [-0.1, -0.05) is 0 Å². The van der Waals surface area contributed by atoms with Crippen LogP contribution in [0.4, 0.5) is 8.78 Å². The van der Waals surface area contributed by atoms with Gasteiger partial charge in [0.1, 0.15) is 11.6 Å². The quantitative estimate of drug-likeness (QED) is 0.840. The summed E-state index contributed by atoms with van der Waals surface area (Å²) in [6.45, 7) is 1.56. The average Bonchev–Trinajstić information content (AvgIpc) is 2.87. The van der Waals surface area contributed by atoms with E-state index in [1.165, 1.54) is 11.1 Å². The van der Waals surface area contributed by atoms with Gasteiger partial charge in [0, 0.05) is 44.6 Å². The molecule has 0 saturated carbocycles. The van der Waals surface area contributed by atoms with E-state index >= 15 is 0 Å². The van der Waals surface area contributed by atoms with Crippen molar-refractivity contribution in [2.75, 3.05) is 26.2 Å². The number of carbonyl (C=O) groups excluding carboxylic acids is 2. The van der Waals surface area contributed by atoms with E-state index in [9.17, 15) is 18.4 Å². The van der Waals surface area contributed by atoms with Crippen LogP contribution in [0.15, 0.2) is 42.7 Å². The van der Waals surface area contributed by atoms with Crippen LogP contribution < -0.4 is 0 Å². The van der Waals surface area contributed by atoms with Crippen LogP contribution in [0.5, 0.6) is 0 Å². The number of carbonyl (C=O) groups is 2. The molecule has 0 spiro atoms. The van der Waals surface area contributed by atoms with E-state index < -0.39 is 17.5 Å². The number of hydrogen-bond donors (Lipinski definition) is 0. The minimum Gasteiger partial charge on any atom is -0.337 e. The third kappa shape index (κ3) is 3.81. The summed E-state index contributed by atoms with van der Waals surface area (Å²) in [6, 6.07) is 6.29. The van der Waals surface area contributed by atoms with Gasteiger partial charge < -0.3 is 9.80 Å². The second-order valence-corrected chi connectivity index (χ2v) is 5.80. The second-order valence-electron chi connectivity index (χ2n) is 5.80. The molecule has 1 aliphatic rings. The van der Waals surface area contributed by atoms with Crippen LogP contribution >= 0.6 is 0 Å². The largest absolute Gasteiger partial charge is 0.337 e. The topological polar surface area (TPSA) is 53.5 Å². The number of halogens is 2. The molecular formula is C18H17F2N3O2. The van der Waals surface area contributed by atoms with Gasteiger partial charge in [-0.05, 0) is 30.7 Å². The molecule has 1 aromatic carbocycles. The molecule has 2 aromatic rings. The predicted molar refractivity (Wildman–Crippen MR) is 87.0 cm³/mol. The monoisotopic (exact) mass is 345 g/mol. The van der Waals surface area contributed by atoms with Gasteiger partial charge in [0.2, 0.25) is 0 Å². The summed E-state index contributed by atoms with van der Waals surface area (Å²) in [5, 5.41) is 0. The molecule has 1 aliphatic heterocycles. The smallest absolute Gasteiger partial charge is 0.256 e. The van der Waals surface area contributed by atoms with Crippen molar-refractivity contribution in [2.24, 2.45) is 0 Å². The molecule has 1 saturated heterocycles. The minimum absolute atomic E-state index is 0.143. The van der Waals surface area contributed by atoms with Crippen molar-refractivity contribution in [1.29, 1.82) is 0 Å². The number of benzene rings is 1. The molecule has 2 heterocycles. The molecule has 0 aliphatic carbocycles. The molecule has 130 valence electrons. The van der Waals surface area contributed by atoms with Crippen LogP contribution in [0.25, 0.3) is 0 Å². The molecule has 7 heteroatoms. The van der Waals surface area contributed by atoms with Crippen molar-refractivity contribution in [2.45, 2.75) is 6.42 Å². The Labute approximate surface area is 143 Å². The zero-order valence-electron chi connectivity index (χ0n) is 13.5. The van der Waals surface area contributed by atoms with Gasteiger partial charge >= 0.3 is 0 Å². The Kier molecular flexibility index (Phi) is 5.02. The molecule has 25 heavy (non-hydrogen) atoms. The average molecular weight is 345 g/mol. The Bertz CT molecular complexity index is 783. The second kappa shape index (κ2) is 7.38. The molecule has 0 unspecified atom stereocenters. The van der Waals surface area contributed by atoms with Crippen molar-refractivity contribution in [3.63, 3.8) is 0 Å². The van der Waals surface area contributed by atoms with Crippen LogP contribution in [-0.4, -0.2) is 52.8 Å². The number of aromatic nitrogens is 1. The lowest BCUT2D eigenvalue weighted by Crippen LogP contribution is -2.37. The van der Waals surface area contributed by atoms with Gasteiger partial charge in [-0.25, -0.2) is 8.78 Å². The highest BCUT2D eigenvalue weighted by Crippen LogP contribution is 2.15. The Balaban J connectivity index is 1.69. The molecule has 1 fully saturated rings. The number of rotatable bonds is 2. The van der Waals surface area contributed by atoms with Gasteiger partial charge in [-0.2, -0.15) is 0 Å². The third-order valence-electron chi connectivity index (χ3n) is 4.14. The zero-order valence-corrected chi connectivity index (χ0v) is 13.5. The van der Waals surface area contributed by atoms with Gasteiger partial charge in [-0.15, -0.1) is 0 Å². The normalized spacial score (nSPS) is 15.0. The molecule has 1 aromatic heterocycles. The molecule has 3 rings (SSSR count). The fourth-order valence-electron chi connectivity index (χ4n) is 2.83. The number of hydrogen-bond acceptors (Lipinski definition) is 3. The minimum atomic E-state index is -0.877. The standard InChI is InChI=1S/C18H17F2N3O2/c19-14-4-5-15(16(20)11-14)18(25)23-8-2-7-22(9-10-23)17(24)13-3-1-6-21-12-13/h1,3-6,11-12H,2,7-10H2. The third-order valence-corrected chi connectivity index (χ3v) is 4.14. The predicted octanol–water partition coefficient (Wildman–Crippen LogP) is 2.35. The van der Waals surface area contributed by atoms with Crippen molar-refractivity contribution in [1.82, 2.24) is 14.8 Å².